The fraction of sp³-hybridized carbons (Fsp3) is 0.765. The summed E-state index contributed by atoms with van der Waals surface area (Å²) in [5.41, 5.74) is 0. The van der Waals surface area contributed by atoms with Crippen molar-refractivity contribution in [2.24, 2.45) is 0 Å². The largest absolute Gasteiger partial charge is 0.356 e. The first-order chi connectivity index (χ1) is 11.3. The van der Waals surface area contributed by atoms with E-state index in [2.05, 4.69) is 16.0 Å². The third-order valence-corrected chi connectivity index (χ3v) is 3.49. The maximum absolute atomic E-state index is 12.1. The lowest BCUT2D eigenvalue weighted by molar-refractivity contribution is -0.128. The molecule has 7 nitrogen and oxygen atoms in total. The van der Waals surface area contributed by atoms with Crippen LogP contribution in [0.1, 0.15) is 65.7 Å². The quantitative estimate of drug-likeness (QED) is 0.436. The highest BCUT2D eigenvalue weighted by Crippen LogP contribution is 2.03. The summed E-state index contributed by atoms with van der Waals surface area (Å²) in [4.78, 5) is 45.0. The molecule has 0 aromatic carbocycles. The van der Waals surface area contributed by atoms with Crippen molar-refractivity contribution in [1.29, 1.82) is 0 Å². The second kappa shape index (κ2) is 13.5. The number of hydrogen-bond donors (Lipinski definition) is 3. The molecule has 3 amide bonds. The molecule has 0 saturated carbocycles. The van der Waals surface area contributed by atoms with Crippen molar-refractivity contribution in [2.45, 2.75) is 71.8 Å². The van der Waals surface area contributed by atoms with Gasteiger partial charge in [-0.1, -0.05) is 6.42 Å². The molecule has 0 heterocycles. The maximum Gasteiger partial charge on any atom is 0.242 e. The summed E-state index contributed by atoms with van der Waals surface area (Å²) < 4.78 is 0. The molecule has 0 aliphatic heterocycles. The number of Topliss-reactive ketones (excluding diaryl/α,β-unsaturated/α-hetero) is 1. The summed E-state index contributed by atoms with van der Waals surface area (Å²) in [5, 5.41) is 8.19. The van der Waals surface area contributed by atoms with Crippen LogP contribution in [0.5, 0.6) is 0 Å². The second-order valence-electron chi connectivity index (χ2n) is 6.04. The van der Waals surface area contributed by atoms with E-state index in [1.807, 2.05) is 0 Å². The summed E-state index contributed by atoms with van der Waals surface area (Å²) in [6.45, 7) is 5.54. The Morgan fingerprint density at radius 3 is 1.96 bits per heavy atom. The molecular formula is C17H31N3O4. The Hall–Kier alpha value is -1.92. The van der Waals surface area contributed by atoms with Crippen LogP contribution in [0.4, 0.5) is 0 Å². The molecule has 3 N–H and O–H groups in total. The molecule has 7 heteroatoms. The zero-order chi connectivity index (χ0) is 18.4. The Labute approximate surface area is 144 Å². The molecule has 0 aromatic rings. The average molecular weight is 341 g/mol. The van der Waals surface area contributed by atoms with Gasteiger partial charge in [-0.15, -0.1) is 0 Å². The van der Waals surface area contributed by atoms with Crippen LogP contribution in [0, 0.1) is 0 Å². The fourth-order valence-corrected chi connectivity index (χ4v) is 2.26. The van der Waals surface area contributed by atoms with Gasteiger partial charge in [-0.2, -0.15) is 0 Å². The normalized spacial score (nSPS) is 11.5. The van der Waals surface area contributed by atoms with Gasteiger partial charge in [-0.25, -0.2) is 0 Å². The number of unbranched alkanes of at least 4 members (excludes halogenated alkanes) is 3. The molecule has 138 valence electrons. The molecule has 0 aliphatic carbocycles. The number of hydrogen-bond acceptors (Lipinski definition) is 4. The first-order valence-electron chi connectivity index (χ1n) is 8.61. The van der Waals surface area contributed by atoms with Crippen molar-refractivity contribution >= 4 is 23.5 Å². The lowest BCUT2D eigenvalue weighted by Gasteiger charge is -2.17. The minimum absolute atomic E-state index is 0.0732. The standard InChI is InChI=1S/C17H31N3O4/c1-13(21)9-5-4-7-12-19-17(24)16(20-15(3)23)10-6-8-11-18-14(2)22/h16H,4-12H2,1-3H3,(H,18,22)(H,19,24)(H,20,23)/t16-/m0/s1. The van der Waals surface area contributed by atoms with E-state index in [0.29, 0.717) is 25.9 Å². The van der Waals surface area contributed by atoms with E-state index >= 15 is 0 Å². The molecule has 0 aliphatic rings. The monoisotopic (exact) mass is 341 g/mol. The minimum Gasteiger partial charge on any atom is -0.356 e. The van der Waals surface area contributed by atoms with Gasteiger partial charge in [0.15, 0.2) is 0 Å². The Balaban J connectivity index is 4.00. The van der Waals surface area contributed by atoms with E-state index in [1.165, 1.54) is 13.8 Å². The minimum atomic E-state index is -0.544. The van der Waals surface area contributed by atoms with Gasteiger partial charge in [-0.05, 0) is 39.0 Å². The molecule has 0 rings (SSSR count). The number of amides is 3. The van der Waals surface area contributed by atoms with Crippen molar-refractivity contribution < 1.29 is 19.2 Å². The third kappa shape index (κ3) is 13.7. The van der Waals surface area contributed by atoms with Crippen molar-refractivity contribution in [3.05, 3.63) is 0 Å². The summed E-state index contributed by atoms with van der Waals surface area (Å²) in [6.07, 6.45) is 5.15. The van der Waals surface area contributed by atoms with Crippen LogP contribution in [0.25, 0.3) is 0 Å². The summed E-state index contributed by atoms with van der Waals surface area (Å²) in [6, 6.07) is -0.544. The first-order valence-corrected chi connectivity index (χ1v) is 8.61. The lowest BCUT2D eigenvalue weighted by Crippen LogP contribution is -2.46. The zero-order valence-electron chi connectivity index (χ0n) is 15.1. The Bertz CT molecular complexity index is 424. The van der Waals surface area contributed by atoms with Gasteiger partial charge < -0.3 is 20.7 Å². The molecule has 0 aromatic heterocycles. The average Bonchev–Trinajstić information content (AvgIpc) is 2.48. The molecule has 0 spiro atoms. The topological polar surface area (TPSA) is 104 Å². The van der Waals surface area contributed by atoms with Crippen LogP contribution in [-0.2, 0) is 19.2 Å². The van der Waals surface area contributed by atoms with Crippen LogP contribution < -0.4 is 16.0 Å². The number of carbonyl (C=O) groups is 4. The molecular weight excluding hydrogens is 310 g/mol. The van der Waals surface area contributed by atoms with E-state index < -0.39 is 6.04 Å². The Morgan fingerprint density at radius 1 is 0.750 bits per heavy atom. The first kappa shape index (κ1) is 22.1. The fourth-order valence-electron chi connectivity index (χ4n) is 2.26. The van der Waals surface area contributed by atoms with Crippen LogP contribution in [-0.4, -0.2) is 42.6 Å². The van der Waals surface area contributed by atoms with Gasteiger partial charge in [-0.3, -0.25) is 14.4 Å². The van der Waals surface area contributed by atoms with E-state index in [0.717, 1.165) is 32.1 Å². The SMILES string of the molecule is CC(=O)CCCCCNC(=O)[C@H](CCCCNC(C)=O)NC(C)=O. The predicted molar refractivity (Wildman–Crippen MR) is 92.3 cm³/mol. The number of ketones is 1. The van der Waals surface area contributed by atoms with E-state index in [4.69, 9.17) is 0 Å². The molecule has 24 heavy (non-hydrogen) atoms. The van der Waals surface area contributed by atoms with E-state index in [9.17, 15) is 19.2 Å². The molecule has 0 saturated heterocycles. The number of carbonyl (C=O) groups excluding carboxylic acids is 4. The molecule has 0 unspecified atom stereocenters. The maximum atomic E-state index is 12.1. The summed E-state index contributed by atoms with van der Waals surface area (Å²) in [7, 11) is 0. The second-order valence-corrected chi connectivity index (χ2v) is 6.04. The van der Waals surface area contributed by atoms with Crippen LogP contribution in [0.15, 0.2) is 0 Å². The number of rotatable bonds is 13. The van der Waals surface area contributed by atoms with Gasteiger partial charge >= 0.3 is 0 Å². The van der Waals surface area contributed by atoms with Gasteiger partial charge in [0.25, 0.3) is 0 Å². The van der Waals surface area contributed by atoms with Crippen LogP contribution >= 0.6 is 0 Å². The van der Waals surface area contributed by atoms with E-state index in [-0.39, 0.29) is 23.5 Å². The molecule has 0 radical (unpaired) electrons. The lowest BCUT2D eigenvalue weighted by atomic mass is 10.1. The molecule has 0 bridgehead atoms. The van der Waals surface area contributed by atoms with Crippen molar-refractivity contribution in [1.82, 2.24) is 16.0 Å². The highest BCUT2D eigenvalue weighted by atomic mass is 16.2. The van der Waals surface area contributed by atoms with Gasteiger partial charge in [0.1, 0.15) is 11.8 Å². The van der Waals surface area contributed by atoms with Gasteiger partial charge in [0.05, 0.1) is 0 Å². The van der Waals surface area contributed by atoms with Crippen molar-refractivity contribution in [2.75, 3.05) is 13.1 Å². The molecule has 0 fully saturated rings. The predicted octanol–water partition coefficient (Wildman–Crippen LogP) is 1.06. The van der Waals surface area contributed by atoms with Crippen LogP contribution in [0.2, 0.25) is 0 Å². The Kier molecular flexibility index (Phi) is 12.4. The van der Waals surface area contributed by atoms with Gasteiger partial charge in [0.2, 0.25) is 17.7 Å². The third-order valence-electron chi connectivity index (χ3n) is 3.49. The van der Waals surface area contributed by atoms with Crippen LogP contribution in [0.3, 0.4) is 0 Å². The Morgan fingerprint density at radius 2 is 1.38 bits per heavy atom. The highest BCUT2D eigenvalue weighted by molar-refractivity contribution is 5.86. The number of nitrogens with one attached hydrogen (secondary N) is 3. The smallest absolute Gasteiger partial charge is 0.242 e. The van der Waals surface area contributed by atoms with Gasteiger partial charge in [0, 0.05) is 33.4 Å². The summed E-state index contributed by atoms with van der Waals surface area (Å²) >= 11 is 0. The molecule has 1 atom stereocenters. The summed E-state index contributed by atoms with van der Waals surface area (Å²) in [5.74, 6) is -0.310. The van der Waals surface area contributed by atoms with E-state index in [1.54, 1.807) is 6.92 Å². The van der Waals surface area contributed by atoms with Crippen molar-refractivity contribution in [3.8, 4) is 0 Å². The highest BCUT2D eigenvalue weighted by Gasteiger charge is 2.18. The van der Waals surface area contributed by atoms with Crippen molar-refractivity contribution in [3.63, 3.8) is 0 Å². The zero-order valence-corrected chi connectivity index (χ0v) is 15.1.